The van der Waals surface area contributed by atoms with Gasteiger partial charge in [0.25, 0.3) is 0 Å². The van der Waals surface area contributed by atoms with Crippen LogP contribution in [0.25, 0.3) is 0 Å². The summed E-state index contributed by atoms with van der Waals surface area (Å²) in [6, 6.07) is 0. The van der Waals surface area contributed by atoms with Gasteiger partial charge in [0.2, 0.25) is 0 Å². The van der Waals surface area contributed by atoms with Gasteiger partial charge in [0.1, 0.15) is 0 Å². The summed E-state index contributed by atoms with van der Waals surface area (Å²) in [6.07, 6.45) is 25.3. The zero-order chi connectivity index (χ0) is 17.5. The standard InChI is InChI=1S/2C10H15.C6H11.Bi/c2*1-7-2-9-4-8(1)5-10(3-7)6-9;1-2-4-6-5-3-1;/h2*1,7-10H,2-6H2;1H,2-6H2;. The molecule has 0 radical (unpaired) electrons. The molecule has 0 saturated heterocycles. The van der Waals surface area contributed by atoms with Crippen molar-refractivity contribution in [3.8, 4) is 0 Å². The summed E-state index contributed by atoms with van der Waals surface area (Å²) in [5.74, 6) is 9.82. The van der Waals surface area contributed by atoms with Crippen LogP contribution in [0.3, 0.4) is 0 Å². The molecule has 0 nitrogen and oxygen atoms in total. The third kappa shape index (κ3) is 2.82. The minimum atomic E-state index is -1.51. The van der Waals surface area contributed by atoms with Crippen LogP contribution in [0, 0.1) is 47.3 Å². The Morgan fingerprint density at radius 3 is 1.15 bits per heavy atom. The average Bonchev–Trinajstić information content (AvgIpc) is 2.65. The summed E-state index contributed by atoms with van der Waals surface area (Å²) in [6.45, 7) is 0. The van der Waals surface area contributed by atoms with Gasteiger partial charge < -0.3 is 0 Å². The summed E-state index contributed by atoms with van der Waals surface area (Å²) in [5, 5.41) is 0. The van der Waals surface area contributed by atoms with Crippen molar-refractivity contribution in [1.82, 2.24) is 0 Å². The number of hydrogen-bond acceptors (Lipinski definition) is 0. The van der Waals surface area contributed by atoms with Crippen LogP contribution in [-0.2, 0) is 0 Å². The molecule has 9 rings (SSSR count). The molecule has 9 aliphatic carbocycles. The Bertz CT molecular complexity index is 477. The zero-order valence-electron chi connectivity index (χ0n) is 17.4. The number of rotatable bonds is 3. The summed E-state index contributed by atoms with van der Waals surface area (Å²) >= 11 is -1.51. The van der Waals surface area contributed by atoms with Crippen molar-refractivity contribution in [1.29, 1.82) is 0 Å². The fourth-order valence-corrected chi connectivity index (χ4v) is 31.3. The minimum absolute atomic E-state index is 1.19. The van der Waals surface area contributed by atoms with Crippen LogP contribution in [0.15, 0.2) is 0 Å². The van der Waals surface area contributed by atoms with Gasteiger partial charge in [-0.15, -0.1) is 0 Å². The molecule has 0 spiro atoms. The molecule has 0 N–H and O–H groups in total. The first-order valence-electron chi connectivity index (χ1n) is 13.1. The fraction of sp³-hybridized carbons (Fsp3) is 1.00. The molecule has 0 atom stereocenters. The van der Waals surface area contributed by atoms with E-state index in [2.05, 4.69) is 0 Å². The van der Waals surface area contributed by atoms with Crippen LogP contribution in [0.4, 0.5) is 0 Å². The van der Waals surface area contributed by atoms with E-state index >= 15 is 0 Å². The zero-order valence-corrected chi connectivity index (χ0v) is 20.9. The van der Waals surface area contributed by atoms with Gasteiger partial charge in [-0.05, 0) is 0 Å². The first kappa shape index (κ1) is 17.6. The molecule has 0 aromatic heterocycles. The molecule has 27 heavy (non-hydrogen) atoms. The van der Waals surface area contributed by atoms with Crippen molar-refractivity contribution in [2.24, 2.45) is 47.3 Å². The van der Waals surface area contributed by atoms with Crippen molar-refractivity contribution in [2.75, 3.05) is 0 Å². The normalized spacial score (nSPS) is 56.3. The van der Waals surface area contributed by atoms with Gasteiger partial charge in [0.15, 0.2) is 0 Å². The Labute approximate surface area is 175 Å². The molecule has 9 fully saturated rings. The van der Waals surface area contributed by atoms with E-state index in [1.54, 1.807) is 96.3 Å². The van der Waals surface area contributed by atoms with E-state index < -0.39 is 21.8 Å². The van der Waals surface area contributed by atoms with Crippen LogP contribution in [0.5, 0.6) is 0 Å². The topological polar surface area (TPSA) is 0 Å². The van der Waals surface area contributed by atoms with Gasteiger partial charge in [-0.2, -0.15) is 0 Å². The van der Waals surface area contributed by atoms with E-state index in [0.29, 0.717) is 0 Å². The second-order valence-electron chi connectivity index (χ2n) is 12.6. The SMILES string of the molecule is C1CC[CH]([Bi]([CH]2C3CC4CC(C3)CC2C4)[CH]2C3CC4CC(C3)CC2C4)CC1. The molecule has 9 aliphatic rings. The molecular formula is C26H41Bi. The van der Waals surface area contributed by atoms with Crippen molar-refractivity contribution in [2.45, 2.75) is 107 Å². The molecule has 1 heteroatoms. The van der Waals surface area contributed by atoms with Crippen molar-refractivity contribution < 1.29 is 0 Å². The fourth-order valence-electron chi connectivity index (χ4n) is 10.8. The number of hydrogen-bond donors (Lipinski definition) is 0. The van der Waals surface area contributed by atoms with Crippen molar-refractivity contribution in [3.05, 3.63) is 0 Å². The molecule has 0 unspecified atom stereocenters. The van der Waals surface area contributed by atoms with Gasteiger partial charge >= 0.3 is 176 Å². The first-order chi connectivity index (χ1) is 13.3. The molecule has 8 bridgehead atoms. The summed E-state index contributed by atoms with van der Waals surface area (Å²) in [5.41, 5.74) is 0. The van der Waals surface area contributed by atoms with Gasteiger partial charge in [-0.1, -0.05) is 0 Å². The molecule has 0 aromatic carbocycles. The third-order valence-corrected chi connectivity index (χ3v) is 28.2. The van der Waals surface area contributed by atoms with Crippen molar-refractivity contribution in [3.63, 3.8) is 0 Å². The van der Waals surface area contributed by atoms with E-state index in [1.165, 1.54) is 58.2 Å². The van der Waals surface area contributed by atoms with E-state index in [0.717, 1.165) is 0 Å². The molecule has 0 aliphatic heterocycles. The monoisotopic (exact) mass is 562 g/mol. The van der Waals surface area contributed by atoms with Crippen LogP contribution in [0.2, 0.25) is 10.9 Å². The van der Waals surface area contributed by atoms with Gasteiger partial charge in [0.05, 0.1) is 0 Å². The molecule has 0 aromatic rings. The predicted molar refractivity (Wildman–Crippen MR) is 114 cm³/mol. The van der Waals surface area contributed by atoms with Crippen LogP contribution in [0.1, 0.15) is 96.3 Å². The van der Waals surface area contributed by atoms with Gasteiger partial charge in [0, 0.05) is 0 Å². The molecular weight excluding hydrogens is 521 g/mol. The molecule has 0 amide bonds. The maximum atomic E-state index is 1.71. The maximum absolute atomic E-state index is 1.71. The Hall–Kier alpha value is 0.883. The first-order valence-corrected chi connectivity index (χ1v) is 19.1. The quantitative estimate of drug-likeness (QED) is 0.313. The summed E-state index contributed by atoms with van der Waals surface area (Å²) < 4.78 is 4.12. The van der Waals surface area contributed by atoms with Gasteiger partial charge in [-0.25, -0.2) is 0 Å². The molecule has 0 heterocycles. The van der Waals surface area contributed by atoms with Crippen molar-refractivity contribution >= 4 is 21.8 Å². The summed E-state index contributed by atoms with van der Waals surface area (Å²) in [7, 11) is 0. The van der Waals surface area contributed by atoms with Crippen LogP contribution < -0.4 is 0 Å². The van der Waals surface area contributed by atoms with Crippen LogP contribution >= 0.6 is 0 Å². The average molecular weight is 563 g/mol. The van der Waals surface area contributed by atoms with Crippen LogP contribution in [-0.4, -0.2) is 21.8 Å². The second kappa shape index (κ2) is 6.69. The Morgan fingerprint density at radius 2 is 0.778 bits per heavy atom. The third-order valence-electron chi connectivity index (χ3n) is 11.0. The summed E-state index contributed by atoms with van der Waals surface area (Å²) in [4.78, 5) is 0. The van der Waals surface area contributed by atoms with E-state index in [-0.39, 0.29) is 0 Å². The Morgan fingerprint density at radius 1 is 0.407 bits per heavy atom. The Kier molecular flexibility index (Phi) is 4.35. The predicted octanol–water partition coefficient (Wildman–Crippen LogP) is 7.47. The Balaban J connectivity index is 1.25. The second-order valence-corrected chi connectivity index (χ2v) is 23.5. The molecule has 150 valence electrons. The van der Waals surface area contributed by atoms with E-state index in [1.807, 2.05) is 0 Å². The van der Waals surface area contributed by atoms with E-state index in [9.17, 15) is 0 Å². The van der Waals surface area contributed by atoms with E-state index in [4.69, 9.17) is 0 Å². The molecule has 9 saturated carbocycles. The van der Waals surface area contributed by atoms with Gasteiger partial charge in [-0.3, -0.25) is 0 Å².